The standard InChI is InChI=1S/C17H23N5O2/c1-13-11-16(22-15(19-13)5-6-18-22)21-9-10-24-14(12-21)17(23)20-7-3-2-4-8-20/h5-6,11,14H,2-4,7-10,12H2,1H3. The third kappa shape index (κ3) is 2.84. The first-order valence-corrected chi connectivity index (χ1v) is 8.69. The maximum absolute atomic E-state index is 12.8. The second kappa shape index (κ2) is 6.39. The fourth-order valence-electron chi connectivity index (χ4n) is 3.57. The number of likely N-dealkylation sites (tertiary alicyclic amines) is 1. The number of hydrogen-bond donors (Lipinski definition) is 0. The molecule has 4 rings (SSSR count). The summed E-state index contributed by atoms with van der Waals surface area (Å²) in [6.07, 6.45) is 4.77. The number of nitrogens with zero attached hydrogens (tertiary/aromatic N) is 5. The summed E-state index contributed by atoms with van der Waals surface area (Å²) in [5, 5.41) is 4.37. The van der Waals surface area contributed by atoms with Crippen LogP contribution in [0.25, 0.3) is 5.65 Å². The number of rotatable bonds is 2. The van der Waals surface area contributed by atoms with Crippen molar-refractivity contribution in [2.24, 2.45) is 0 Å². The highest BCUT2D eigenvalue weighted by Gasteiger charge is 2.31. The highest BCUT2D eigenvalue weighted by molar-refractivity contribution is 5.82. The van der Waals surface area contributed by atoms with E-state index in [1.165, 1.54) is 6.42 Å². The van der Waals surface area contributed by atoms with Crippen LogP contribution in [0.3, 0.4) is 0 Å². The SMILES string of the molecule is Cc1cc(N2CCOC(C(=O)N3CCCCC3)C2)n2nccc2n1. The van der Waals surface area contributed by atoms with Crippen molar-refractivity contribution in [3.63, 3.8) is 0 Å². The van der Waals surface area contributed by atoms with Gasteiger partial charge in [0.1, 0.15) is 5.82 Å². The second-order valence-electron chi connectivity index (χ2n) is 6.55. The molecule has 2 aliphatic heterocycles. The van der Waals surface area contributed by atoms with Crippen LogP contribution >= 0.6 is 0 Å². The first-order chi connectivity index (χ1) is 11.7. The monoisotopic (exact) mass is 329 g/mol. The Balaban J connectivity index is 1.55. The lowest BCUT2D eigenvalue weighted by molar-refractivity contribution is -0.145. The average molecular weight is 329 g/mol. The number of amides is 1. The van der Waals surface area contributed by atoms with E-state index < -0.39 is 6.10 Å². The maximum Gasteiger partial charge on any atom is 0.253 e. The molecule has 1 unspecified atom stereocenters. The first kappa shape index (κ1) is 15.4. The minimum absolute atomic E-state index is 0.127. The summed E-state index contributed by atoms with van der Waals surface area (Å²) in [6.45, 7) is 5.56. The van der Waals surface area contributed by atoms with Crippen LogP contribution in [0, 0.1) is 6.92 Å². The predicted molar refractivity (Wildman–Crippen MR) is 90.1 cm³/mol. The molecular formula is C17H23N5O2. The summed E-state index contributed by atoms with van der Waals surface area (Å²) >= 11 is 0. The summed E-state index contributed by atoms with van der Waals surface area (Å²) in [5.41, 5.74) is 1.78. The zero-order valence-corrected chi connectivity index (χ0v) is 14.0. The molecule has 4 heterocycles. The third-order valence-electron chi connectivity index (χ3n) is 4.80. The number of carbonyl (C=O) groups excluding carboxylic acids is 1. The number of piperidine rings is 1. The van der Waals surface area contributed by atoms with Crippen molar-refractivity contribution < 1.29 is 9.53 Å². The number of hydrogen-bond acceptors (Lipinski definition) is 5. The molecule has 0 aromatic carbocycles. The summed E-state index contributed by atoms with van der Waals surface area (Å²) in [7, 11) is 0. The highest BCUT2D eigenvalue weighted by Crippen LogP contribution is 2.21. The molecule has 0 radical (unpaired) electrons. The molecule has 7 heteroatoms. The van der Waals surface area contributed by atoms with Gasteiger partial charge in [-0.2, -0.15) is 9.61 Å². The molecule has 24 heavy (non-hydrogen) atoms. The lowest BCUT2D eigenvalue weighted by Crippen LogP contribution is -2.52. The third-order valence-corrected chi connectivity index (χ3v) is 4.80. The van der Waals surface area contributed by atoms with E-state index >= 15 is 0 Å². The van der Waals surface area contributed by atoms with Gasteiger partial charge in [0.15, 0.2) is 11.8 Å². The Morgan fingerprint density at radius 2 is 2.08 bits per heavy atom. The summed E-state index contributed by atoms with van der Waals surface area (Å²) in [5.74, 6) is 1.10. The number of fused-ring (bicyclic) bond motifs is 1. The summed E-state index contributed by atoms with van der Waals surface area (Å²) < 4.78 is 7.62. The van der Waals surface area contributed by atoms with Gasteiger partial charge in [-0.3, -0.25) is 4.79 Å². The van der Waals surface area contributed by atoms with E-state index in [-0.39, 0.29) is 5.91 Å². The molecule has 0 bridgehead atoms. The van der Waals surface area contributed by atoms with Gasteiger partial charge in [-0.1, -0.05) is 0 Å². The van der Waals surface area contributed by atoms with Gasteiger partial charge in [-0.25, -0.2) is 4.98 Å². The van der Waals surface area contributed by atoms with Crippen LogP contribution < -0.4 is 4.90 Å². The molecule has 0 spiro atoms. The van der Waals surface area contributed by atoms with Crippen molar-refractivity contribution >= 4 is 17.4 Å². The van der Waals surface area contributed by atoms with Crippen LogP contribution in [0.4, 0.5) is 5.82 Å². The van der Waals surface area contributed by atoms with E-state index in [1.54, 1.807) is 6.20 Å². The van der Waals surface area contributed by atoms with Crippen molar-refractivity contribution in [1.82, 2.24) is 19.5 Å². The van der Waals surface area contributed by atoms with Crippen molar-refractivity contribution in [3.8, 4) is 0 Å². The average Bonchev–Trinajstić information content (AvgIpc) is 3.09. The fraction of sp³-hybridized carbons (Fsp3) is 0.588. The van der Waals surface area contributed by atoms with E-state index in [2.05, 4.69) is 15.0 Å². The van der Waals surface area contributed by atoms with Gasteiger partial charge in [0.2, 0.25) is 0 Å². The lowest BCUT2D eigenvalue weighted by atomic mass is 10.1. The maximum atomic E-state index is 12.8. The molecular weight excluding hydrogens is 306 g/mol. The van der Waals surface area contributed by atoms with E-state index in [1.807, 2.05) is 28.5 Å². The van der Waals surface area contributed by atoms with Crippen molar-refractivity contribution in [2.75, 3.05) is 37.7 Å². The van der Waals surface area contributed by atoms with Crippen molar-refractivity contribution in [2.45, 2.75) is 32.3 Å². The molecule has 1 amide bonds. The van der Waals surface area contributed by atoms with Crippen LogP contribution in [-0.4, -0.2) is 64.3 Å². The number of aryl methyl sites for hydroxylation is 1. The fourth-order valence-corrected chi connectivity index (χ4v) is 3.57. The first-order valence-electron chi connectivity index (χ1n) is 8.69. The van der Waals surface area contributed by atoms with E-state index in [0.717, 1.165) is 49.6 Å². The number of anilines is 1. The van der Waals surface area contributed by atoms with Gasteiger partial charge in [-0.15, -0.1) is 0 Å². The van der Waals surface area contributed by atoms with Crippen molar-refractivity contribution in [1.29, 1.82) is 0 Å². The van der Waals surface area contributed by atoms with Crippen LogP contribution in [0.2, 0.25) is 0 Å². The van der Waals surface area contributed by atoms with Gasteiger partial charge >= 0.3 is 0 Å². The van der Waals surface area contributed by atoms with Gasteiger partial charge in [0, 0.05) is 37.5 Å². The van der Waals surface area contributed by atoms with Gasteiger partial charge < -0.3 is 14.5 Å². The molecule has 2 aliphatic rings. The Morgan fingerprint density at radius 3 is 2.92 bits per heavy atom. The zero-order chi connectivity index (χ0) is 16.5. The topological polar surface area (TPSA) is 63.0 Å². The van der Waals surface area contributed by atoms with Gasteiger partial charge in [0.25, 0.3) is 5.91 Å². The molecule has 1 atom stereocenters. The minimum Gasteiger partial charge on any atom is -0.365 e. The largest absolute Gasteiger partial charge is 0.365 e. The Bertz CT molecular complexity index is 738. The summed E-state index contributed by atoms with van der Waals surface area (Å²) in [4.78, 5) is 21.4. The Kier molecular flexibility index (Phi) is 4.10. The quantitative estimate of drug-likeness (QED) is 0.830. The molecule has 0 aliphatic carbocycles. The van der Waals surface area contributed by atoms with Gasteiger partial charge in [-0.05, 0) is 26.2 Å². The highest BCUT2D eigenvalue weighted by atomic mass is 16.5. The van der Waals surface area contributed by atoms with Crippen LogP contribution in [-0.2, 0) is 9.53 Å². The molecule has 2 saturated heterocycles. The number of carbonyl (C=O) groups is 1. The lowest BCUT2D eigenvalue weighted by Gasteiger charge is -2.37. The van der Waals surface area contributed by atoms with Crippen LogP contribution in [0.15, 0.2) is 18.3 Å². The van der Waals surface area contributed by atoms with E-state index in [9.17, 15) is 4.79 Å². The normalized spacial score (nSPS) is 22.1. The molecule has 128 valence electrons. The Labute approximate surface area is 141 Å². The Hall–Kier alpha value is -2.15. The molecule has 2 fully saturated rings. The predicted octanol–water partition coefficient (Wildman–Crippen LogP) is 1.26. The number of morpholine rings is 1. The molecule has 2 aromatic rings. The molecule has 2 aromatic heterocycles. The molecule has 7 nitrogen and oxygen atoms in total. The smallest absolute Gasteiger partial charge is 0.253 e. The minimum atomic E-state index is -0.393. The zero-order valence-electron chi connectivity index (χ0n) is 14.0. The van der Waals surface area contributed by atoms with Crippen LogP contribution in [0.1, 0.15) is 25.0 Å². The number of ether oxygens (including phenoxy) is 1. The van der Waals surface area contributed by atoms with E-state index in [0.29, 0.717) is 13.2 Å². The van der Waals surface area contributed by atoms with Crippen molar-refractivity contribution in [3.05, 3.63) is 24.0 Å². The van der Waals surface area contributed by atoms with E-state index in [4.69, 9.17) is 4.74 Å². The molecule has 0 N–H and O–H groups in total. The summed E-state index contributed by atoms with van der Waals surface area (Å²) in [6, 6.07) is 3.92. The Morgan fingerprint density at radius 1 is 1.25 bits per heavy atom. The number of aromatic nitrogens is 3. The van der Waals surface area contributed by atoms with Crippen LogP contribution in [0.5, 0.6) is 0 Å². The second-order valence-corrected chi connectivity index (χ2v) is 6.55. The van der Waals surface area contributed by atoms with Gasteiger partial charge in [0.05, 0.1) is 19.3 Å². The molecule has 0 saturated carbocycles.